The average Bonchev–Trinajstić information content (AvgIpc) is 2.19. The summed E-state index contributed by atoms with van der Waals surface area (Å²) in [6, 6.07) is 3.89. The lowest BCUT2D eigenvalue weighted by atomic mass is 10.2. The maximum atomic E-state index is 5.12. The third-order valence-corrected chi connectivity index (χ3v) is 14.1. The first-order chi connectivity index (χ1) is 7.14. The summed E-state index contributed by atoms with van der Waals surface area (Å²) in [5.41, 5.74) is 0. The second-order valence-electron chi connectivity index (χ2n) is 6.51. The van der Waals surface area contributed by atoms with Crippen molar-refractivity contribution in [1.29, 1.82) is 0 Å². The largest absolute Gasteiger partial charge is 0.337 e. The van der Waals surface area contributed by atoms with Crippen LogP contribution in [0.15, 0.2) is 4.66 Å². The zero-order valence-corrected chi connectivity index (χ0v) is 14.6. The molecule has 0 N–H and O–H groups in total. The van der Waals surface area contributed by atoms with Crippen LogP contribution < -0.4 is 0 Å². The Balaban J connectivity index is 4.95. The predicted molar refractivity (Wildman–Crippen MR) is 82.9 cm³/mol. The maximum absolute atomic E-state index is 5.12. The first-order valence-corrected chi connectivity index (χ1v) is 12.3. The molecule has 0 fully saturated rings. The summed E-state index contributed by atoms with van der Waals surface area (Å²) in [6.45, 7) is 18.9. The van der Waals surface area contributed by atoms with E-state index in [1.165, 1.54) is 18.1 Å². The molecule has 0 saturated heterocycles. The normalized spacial score (nSPS) is 14.8. The van der Waals surface area contributed by atoms with Crippen molar-refractivity contribution in [2.24, 2.45) is 4.66 Å². The molecular formula is C13H31NSi2. The second kappa shape index (κ2) is 5.63. The molecule has 0 aromatic rings. The minimum Gasteiger partial charge on any atom is -0.337 e. The van der Waals surface area contributed by atoms with E-state index in [1.807, 2.05) is 0 Å². The molecule has 0 atom stereocenters. The summed E-state index contributed by atoms with van der Waals surface area (Å²) in [4.78, 5) is 0. The molecule has 0 aromatic heterocycles. The van der Waals surface area contributed by atoms with Crippen molar-refractivity contribution in [3.8, 4) is 0 Å². The lowest BCUT2D eigenvalue weighted by Gasteiger charge is -2.34. The lowest BCUT2D eigenvalue weighted by molar-refractivity contribution is 0.733. The van der Waals surface area contributed by atoms with E-state index in [1.54, 1.807) is 0 Å². The summed E-state index contributed by atoms with van der Waals surface area (Å²) in [5, 5.41) is 0.422. The van der Waals surface area contributed by atoms with Crippen LogP contribution in [0.1, 0.15) is 41.5 Å². The Morgan fingerprint density at radius 1 is 0.938 bits per heavy atom. The van der Waals surface area contributed by atoms with Gasteiger partial charge < -0.3 is 4.66 Å². The predicted octanol–water partition coefficient (Wildman–Crippen LogP) is 5.11. The van der Waals surface area contributed by atoms with Crippen molar-refractivity contribution in [1.82, 2.24) is 0 Å². The molecule has 0 heterocycles. The van der Waals surface area contributed by atoms with E-state index >= 15 is 0 Å². The molecule has 0 amide bonds. The van der Waals surface area contributed by atoms with Gasteiger partial charge in [-0.3, -0.25) is 0 Å². The molecule has 0 spiro atoms. The van der Waals surface area contributed by atoms with Gasteiger partial charge in [-0.1, -0.05) is 54.6 Å². The van der Waals surface area contributed by atoms with E-state index in [2.05, 4.69) is 60.5 Å². The van der Waals surface area contributed by atoms with Crippen LogP contribution in [0.2, 0.25) is 36.3 Å². The van der Waals surface area contributed by atoms with Crippen molar-refractivity contribution in [2.45, 2.75) is 77.8 Å². The van der Waals surface area contributed by atoms with Gasteiger partial charge >= 0.3 is 0 Å². The zero-order chi connectivity index (χ0) is 13.0. The summed E-state index contributed by atoms with van der Waals surface area (Å²) < 4.78 is 5.12. The van der Waals surface area contributed by atoms with Crippen LogP contribution in [0.25, 0.3) is 0 Å². The molecule has 0 aliphatic heterocycles. The van der Waals surface area contributed by atoms with Gasteiger partial charge in [0.1, 0.15) is 0 Å². The van der Waals surface area contributed by atoms with Crippen molar-refractivity contribution in [3.63, 3.8) is 0 Å². The molecule has 0 aliphatic rings. The molecule has 0 saturated carbocycles. The first-order valence-electron chi connectivity index (χ1n) is 6.70. The number of nitrogens with zero attached hydrogens (tertiary/aromatic N) is 1. The Labute approximate surface area is 105 Å². The van der Waals surface area contributed by atoms with E-state index in [0.29, 0.717) is 5.04 Å². The summed E-state index contributed by atoms with van der Waals surface area (Å²) in [6.07, 6.45) is 0. The van der Waals surface area contributed by atoms with Crippen LogP contribution in [0.3, 0.4) is 0 Å². The molecule has 0 unspecified atom stereocenters. The van der Waals surface area contributed by atoms with Crippen molar-refractivity contribution < 1.29 is 0 Å². The van der Waals surface area contributed by atoms with Gasteiger partial charge in [0.05, 0.1) is 8.07 Å². The fraction of sp³-hybridized carbons (Fsp3) is 0.923. The third kappa shape index (κ3) is 3.84. The van der Waals surface area contributed by atoms with E-state index in [9.17, 15) is 0 Å². The highest BCUT2D eigenvalue weighted by atomic mass is 28.3. The zero-order valence-electron chi connectivity index (χ0n) is 12.6. The van der Waals surface area contributed by atoms with Gasteiger partial charge in [-0.05, 0) is 29.0 Å². The topological polar surface area (TPSA) is 12.4 Å². The highest BCUT2D eigenvalue weighted by Crippen LogP contribution is 2.35. The van der Waals surface area contributed by atoms with Crippen LogP contribution in [0, 0.1) is 0 Å². The van der Waals surface area contributed by atoms with E-state index in [0.717, 1.165) is 0 Å². The van der Waals surface area contributed by atoms with E-state index in [4.69, 9.17) is 4.66 Å². The minimum atomic E-state index is -1.32. The third-order valence-electron chi connectivity index (χ3n) is 4.57. The molecule has 0 aromatic carbocycles. The van der Waals surface area contributed by atoms with Gasteiger partial charge in [0.2, 0.25) is 0 Å². The van der Waals surface area contributed by atoms with Gasteiger partial charge in [0.15, 0.2) is 8.24 Å². The van der Waals surface area contributed by atoms with Gasteiger partial charge in [0, 0.05) is 0 Å². The molecular weight excluding hydrogens is 226 g/mol. The summed E-state index contributed by atoms with van der Waals surface area (Å²) in [5.74, 6) is 2.40. The molecule has 0 rings (SSSR count). The Kier molecular flexibility index (Phi) is 5.66. The Morgan fingerprint density at radius 3 is 1.56 bits per heavy atom. The van der Waals surface area contributed by atoms with Gasteiger partial charge in [-0.2, -0.15) is 0 Å². The monoisotopic (exact) mass is 257 g/mol. The average molecular weight is 258 g/mol. The molecule has 3 heteroatoms. The van der Waals surface area contributed by atoms with Crippen LogP contribution in [0.5, 0.6) is 0 Å². The second-order valence-corrected chi connectivity index (χ2v) is 16.5. The fourth-order valence-corrected chi connectivity index (χ4v) is 6.34. The molecule has 96 valence electrons. The van der Waals surface area contributed by atoms with Crippen LogP contribution in [0.4, 0.5) is 0 Å². The van der Waals surface area contributed by atoms with Crippen molar-refractivity contribution >= 4 is 22.1 Å². The van der Waals surface area contributed by atoms with E-state index in [-0.39, 0.29) is 0 Å². The van der Waals surface area contributed by atoms with E-state index < -0.39 is 16.3 Å². The van der Waals surface area contributed by atoms with Gasteiger partial charge in [-0.25, -0.2) is 0 Å². The van der Waals surface area contributed by atoms with Crippen LogP contribution in [-0.4, -0.2) is 22.1 Å². The quantitative estimate of drug-likeness (QED) is 0.479. The van der Waals surface area contributed by atoms with Crippen LogP contribution in [-0.2, 0) is 0 Å². The summed E-state index contributed by atoms with van der Waals surface area (Å²) in [7, 11) is -2.62. The minimum absolute atomic E-state index is 0.422. The summed E-state index contributed by atoms with van der Waals surface area (Å²) >= 11 is 0. The van der Waals surface area contributed by atoms with Crippen molar-refractivity contribution in [2.75, 3.05) is 0 Å². The highest BCUT2D eigenvalue weighted by molar-refractivity contribution is 7.03. The Bertz CT molecular complexity index is 223. The molecule has 1 nitrogen and oxygen atoms in total. The molecule has 0 radical (unpaired) electrons. The molecule has 16 heavy (non-hydrogen) atoms. The molecule has 0 bridgehead atoms. The fourth-order valence-electron chi connectivity index (χ4n) is 1.52. The Morgan fingerprint density at radius 2 is 1.31 bits per heavy atom. The standard InChI is InChI=1S/C13H31NSi2/c1-9-16(10-2,11-3)14-12-15(7,8)13(4,5)6/h12H,9-11H2,1-8H3/b14-12+. The van der Waals surface area contributed by atoms with Crippen molar-refractivity contribution in [3.05, 3.63) is 0 Å². The van der Waals surface area contributed by atoms with Gasteiger partial charge in [-0.15, -0.1) is 0 Å². The molecule has 0 aliphatic carbocycles. The highest BCUT2D eigenvalue weighted by Gasteiger charge is 2.35. The maximum Gasteiger partial charge on any atom is 0.179 e. The Hall–Kier alpha value is 0.104. The lowest BCUT2D eigenvalue weighted by Crippen LogP contribution is -2.41. The smallest absolute Gasteiger partial charge is 0.179 e. The number of hydrogen-bond donors (Lipinski definition) is 0. The number of hydrogen-bond acceptors (Lipinski definition) is 1. The number of rotatable bonds is 5. The first kappa shape index (κ1) is 16.1. The van der Waals surface area contributed by atoms with Crippen LogP contribution >= 0.6 is 0 Å². The SMILES string of the molecule is CC[Si](CC)(CC)/N=C/[Si](C)(C)C(C)(C)C. The van der Waals surface area contributed by atoms with Gasteiger partial charge in [0.25, 0.3) is 0 Å².